The van der Waals surface area contributed by atoms with Gasteiger partial charge in [0, 0.05) is 20.2 Å². The highest BCUT2D eigenvalue weighted by molar-refractivity contribution is 5.92. The third-order valence-electron chi connectivity index (χ3n) is 7.64. The lowest BCUT2D eigenvalue weighted by Gasteiger charge is -2.42. The van der Waals surface area contributed by atoms with Crippen molar-refractivity contribution in [3.63, 3.8) is 0 Å². The van der Waals surface area contributed by atoms with Crippen LogP contribution < -0.4 is 10.6 Å². The van der Waals surface area contributed by atoms with Crippen molar-refractivity contribution in [2.45, 2.75) is 89.3 Å². The molecule has 38 heavy (non-hydrogen) atoms. The molecule has 2 saturated heterocycles. The predicted octanol–water partition coefficient (Wildman–Crippen LogP) is 2.77. The summed E-state index contributed by atoms with van der Waals surface area (Å²) in [5, 5.41) is 4.94. The van der Waals surface area contributed by atoms with E-state index in [2.05, 4.69) is 37.5 Å². The number of ether oxygens (including phenoxy) is 5. The zero-order valence-electron chi connectivity index (χ0n) is 23.7. The Morgan fingerprint density at radius 2 is 1.95 bits per heavy atom. The van der Waals surface area contributed by atoms with Crippen LogP contribution in [-0.4, -0.2) is 99.5 Å². The minimum Gasteiger partial charge on any atom is -0.450 e. The Balaban J connectivity index is 1.46. The standard InChI is InChI=1S/C27H45N3O8/c1-7-8-15-35-24(32)28-13-14-30(5)16-21(31)29-25(33)37-19-11-12-27(17-36-27)23(22(19)34-6)26(4)20(38-26)10-9-18(2)3/h9,19-20,22-23H,7-8,10-17H2,1-6H3,(H,28,32)(H,29,31,33)/t19?,20-,22?,23?,26?,27+/m1/s1. The second-order valence-corrected chi connectivity index (χ2v) is 11.0. The minimum absolute atomic E-state index is 0.0302. The summed E-state index contributed by atoms with van der Waals surface area (Å²) in [6.07, 6.45) is 3.87. The molecule has 4 unspecified atom stereocenters. The molecular weight excluding hydrogens is 494 g/mol. The van der Waals surface area contributed by atoms with Crippen molar-refractivity contribution >= 4 is 18.1 Å². The first-order chi connectivity index (χ1) is 18.0. The second kappa shape index (κ2) is 13.2. The van der Waals surface area contributed by atoms with Crippen molar-refractivity contribution in [1.82, 2.24) is 15.5 Å². The van der Waals surface area contributed by atoms with Gasteiger partial charge in [-0.05, 0) is 53.5 Å². The number of rotatable bonds is 13. The number of carbonyl (C=O) groups is 3. The van der Waals surface area contributed by atoms with Gasteiger partial charge >= 0.3 is 12.2 Å². The molecule has 2 heterocycles. The number of nitrogens with one attached hydrogen (secondary N) is 2. The van der Waals surface area contributed by atoms with E-state index in [-0.39, 0.29) is 24.2 Å². The molecule has 11 heteroatoms. The fourth-order valence-electron chi connectivity index (χ4n) is 5.42. The highest BCUT2D eigenvalue weighted by Gasteiger charge is 2.72. The molecule has 1 saturated carbocycles. The Morgan fingerprint density at radius 1 is 1.21 bits per heavy atom. The molecule has 11 nitrogen and oxygen atoms in total. The maximum absolute atomic E-state index is 12.6. The Morgan fingerprint density at radius 3 is 2.58 bits per heavy atom. The van der Waals surface area contributed by atoms with Crippen LogP contribution in [0.1, 0.15) is 59.8 Å². The van der Waals surface area contributed by atoms with Gasteiger partial charge in [-0.3, -0.25) is 15.0 Å². The molecule has 1 aliphatic carbocycles. The first kappa shape index (κ1) is 30.3. The van der Waals surface area contributed by atoms with Crippen LogP contribution in [0.5, 0.6) is 0 Å². The molecule has 216 valence electrons. The summed E-state index contributed by atoms with van der Waals surface area (Å²) in [7, 11) is 3.33. The summed E-state index contributed by atoms with van der Waals surface area (Å²) in [6, 6.07) is 0. The van der Waals surface area contributed by atoms with Crippen molar-refractivity contribution in [2.24, 2.45) is 5.92 Å². The number of methoxy groups -OCH3 is 1. The zero-order valence-corrected chi connectivity index (χ0v) is 23.7. The van der Waals surface area contributed by atoms with Gasteiger partial charge in [0.1, 0.15) is 23.4 Å². The van der Waals surface area contributed by atoms with E-state index >= 15 is 0 Å². The normalized spacial score (nSPS) is 31.4. The van der Waals surface area contributed by atoms with Crippen LogP contribution in [0.15, 0.2) is 11.6 Å². The molecule has 3 aliphatic rings. The summed E-state index contributed by atoms with van der Waals surface area (Å²) in [6.45, 7) is 9.94. The van der Waals surface area contributed by atoms with Gasteiger partial charge < -0.3 is 29.0 Å². The number of unbranched alkanes of at least 4 members (excludes halogenated alkanes) is 1. The number of amides is 3. The van der Waals surface area contributed by atoms with Gasteiger partial charge in [-0.25, -0.2) is 9.59 Å². The Bertz CT molecular complexity index is 872. The summed E-state index contributed by atoms with van der Waals surface area (Å²) in [4.78, 5) is 38.3. The van der Waals surface area contributed by atoms with Crippen molar-refractivity contribution in [3.8, 4) is 0 Å². The molecule has 0 aromatic carbocycles. The van der Waals surface area contributed by atoms with Gasteiger partial charge in [0.05, 0.1) is 31.8 Å². The topological polar surface area (TPSA) is 131 Å². The third-order valence-corrected chi connectivity index (χ3v) is 7.64. The van der Waals surface area contributed by atoms with E-state index in [9.17, 15) is 14.4 Å². The average molecular weight is 540 g/mol. The highest BCUT2D eigenvalue weighted by atomic mass is 16.6. The van der Waals surface area contributed by atoms with Crippen molar-refractivity contribution < 1.29 is 38.1 Å². The molecule has 1 spiro atoms. The Hall–Kier alpha value is -2.21. The largest absolute Gasteiger partial charge is 0.450 e. The lowest BCUT2D eigenvalue weighted by atomic mass is 9.68. The number of alkyl carbamates (subject to hydrolysis) is 2. The van der Waals surface area contributed by atoms with Crippen molar-refractivity contribution in [2.75, 3.05) is 47.0 Å². The van der Waals surface area contributed by atoms with E-state index in [1.807, 2.05) is 6.92 Å². The quantitative estimate of drug-likeness (QED) is 0.206. The van der Waals surface area contributed by atoms with E-state index in [0.717, 1.165) is 25.7 Å². The van der Waals surface area contributed by atoms with E-state index in [1.54, 1.807) is 19.1 Å². The summed E-state index contributed by atoms with van der Waals surface area (Å²) in [5.74, 6) is -0.587. The smallest absolute Gasteiger partial charge is 0.414 e. The number of imide groups is 1. The summed E-state index contributed by atoms with van der Waals surface area (Å²) < 4.78 is 28.7. The number of hydrogen-bond donors (Lipinski definition) is 2. The molecule has 3 amide bonds. The number of hydrogen-bond acceptors (Lipinski definition) is 9. The second-order valence-electron chi connectivity index (χ2n) is 11.0. The van der Waals surface area contributed by atoms with Crippen LogP contribution in [0, 0.1) is 5.92 Å². The molecule has 0 aromatic heterocycles. The van der Waals surface area contributed by atoms with Gasteiger partial charge in [-0.1, -0.05) is 25.0 Å². The van der Waals surface area contributed by atoms with Crippen LogP contribution in [0.3, 0.4) is 0 Å². The number of epoxide rings is 2. The first-order valence-electron chi connectivity index (χ1n) is 13.6. The molecule has 0 bridgehead atoms. The monoisotopic (exact) mass is 539 g/mol. The molecule has 3 fully saturated rings. The molecule has 2 N–H and O–H groups in total. The van der Waals surface area contributed by atoms with E-state index in [0.29, 0.717) is 32.7 Å². The molecule has 3 rings (SSSR count). The molecular formula is C27H45N3O8. The van der Waals surface area contributed by atoms with Gasteiger partial charge in [0.25, 0.3) is 0 Å². The van der Waals surface area contributed by atoms with Crippen LogP contribution in [-0.2, 0) is 28.5 Å². The van der Waals surface area contributed by atoms with E-state index < -0.39 is 35.9 Å². The SMILES string of the molecule is CCCCOC(=O)NCCN(C)CC(=O)NC(=O)OC1CC[C@]2(CO2)C(C2(C)O[C@@H]2CC=C(C)C)C1OC. The first-order valence-corrected chi connectivity index (χ1v) is 13.6. The van der Waals surface area contributed by atoms with Crippen molar-refractivity contribution in [3.05, 3.63) is 11.6 Å². The van der Waals surface area contributed by atoms with Gasteiger partial charge in [0.2, 0.25) is 5.91 Å². The number of nitrogens with zero attached hydrogens (tertiary/aromatic N) is 1. The van der Waals surface area contributed by atoms with E-state index in [1.165, 1.54) is 5.57 Å². The van der Waals surface area contributed by atoms with E-state index in [4.69, 9.17) is 23.7 Å². The maximum atomic E-state index is 12.6. The molecule has 6 atom stereocenters. The Kier molecular flexibility index (Phi) is 10.6. The summed E-state index contributed by atoms with van der Waals surface area (Å²) >= 11 is 0. The Labute approximate surface area is 225 Å². The number of allylic oxidation sites excluding steroid dienone is 1. The highest BCUT2D eigenvalue weighted by Crippen LogP contribution is 2.59. The lowest BCUT2D eigenvalue weighted by Crippen LogP contribution is -2.56. The lowest BCUT2D eigenvalue weighted by molar-refractivity contribution is -0.126. The summed E-state index contributed by atoms with van der Waals surface area (Å²) in [5.41, 5.74) is 0.485. The minimum atomic E-state index is -0.803. The predicted molar refractivity (Wildman–Crippen MR) is 140 cm³/mol. The van der Waals surface area contributed by atoms with Gasteiger partial charge in [-0.15, -0.1) is 0 Å². The van der Waals surface area contributed by atoms with Crippen LogP contribution in [0.2, 0.25) is 0 Å². The van der Waals surface area contributed by atoms with Gasteiger partial charge in [0.15, 0.2) is 0 Å². The molecule has 0 aromatic rings. The zero-order chi connectivity index (χ0) is 27.9. The van der Waals surface area contributed by atoms with Crippen LogP contribution in [0.25, 0.3) is 0 Å². The third kappa shape index (κ3) is 7.91. The van der Waals surface area contributed by atoms with Crippen LogP contribution in [0.4, 0.5) is 9.59 Å². The molecule has 0 radical (unpaired) electrons. The fraction of sp³-hybridized carbons (Fsp3) is 0.815. The molecule has 2 aliphatic heterocycles. The van der Waals surface area contributed by atoms with Crippen molar-refractivity contribution in [1.29, 1.82) is 0 Å². The maximum Gasteiger partial charge on any atom is 0.414 e. The van der Waals surface area contributed by atoms with Crippen LogP contribution >= 0.6 is 0 Å². The van der Waals surface area contributed by atoms with Gasteiger partial charge in [-0.2, -0.15) is 0 Å². The fourth-order valence-corrected chi connectivity index (χ4v) is 5.42. The number of carbonyl (C=O) groups excluding carboxylic acids is 3. The average Bonchev–Trinajstić information content (AvgIpc) is 3.75. The number of likely N-dealkylation sites (N-methyl/N-ethyl adjacent to an activating group) is 1.